The van der Waals surface area contributed by atoms with Crippen LogP contribution in [0.15, 0.2) is 22.7 Å². The average Bonchev–Trinajstić information content (AvgIpc) is 2.83. The minimum Gasteiger partial charge on any atom is -0.358 e. The molecule has 0 saturated carbocycles. The zero-order valence-electron chi connectivity index (χ0n) is 9.31. The highest BCUT2D eigenvalue weighted by molar-refractivity contribution is 9.10. The Kier molecular flexibility index (Phi) is 2.52. The lowest BCUT2D eigenvalue weighted by molar-refractivity contribution is 0.648. The molecule has 2 N–H and O–H groups in total. The van der Waals surface area contributed by atoms with Crippen LogP contribution in [0.3, 0.4) is 0 Å². The van der Waals surface area contributed by atoms with Gasteiger partial charge < -0.3 is 10.3 Å². The Hall–Kier alpha value is -0.800. The number of benzene rings is 1. The summed E-state index contributed by atoms with van der Waals surface area (Å²) < 4.78 is 1.15. The van der Waals surface area contributed by atoms with Crippen LogP contribution < -0.4 is 5.32 Å². The first-order valence-corrected chi connectivity index (χ1v) is 6.56. The third-order valence-corrected chi connectivity index (χ3v) is 3.90. The first-order valence-electron chi connectivity index (χ1n) is 5.77. The van der Waals surface area contributed by atoms with Crippen molar-refractivity contribution >= 4 is 26.8 Å². The van der Waals surface area contributed by atoms with Gasteiger partial charge in [0, 0.05) is 27.1 Å². The first-order chi connectivity index (χ1) is 7.75. The number of nitrogens with one attached hydrogen (secondary N) is 2. The molecule has 1 aliphatic rings. The van der Waals surface area contributed by atoms with E-state index in [1.807, 2.05) is 0 Å². The van der Waals surface area contributed by atoms with Gasteiger partial charge in [0.15, 0.2) is 0 Å². The van der Waals surface area contributed by atoms with Gasteiger partial charge in [0.25, 0.3) is 0 Å². The van der Waals surface area contributed by atoms with Gasteiger partial charge in [-0.25, -0.2) is 0 Å². The van der Waals surface area contributed by atoms with Crippen molar-refractivity contribution < 1.29 is 0 Å². The van der Waals surface area contributed by atoms with Crippen molar-refractivity contribution in [3.05, 3.63) is 33.9 Å². The number of rotatable bonds is 1. The van der Waals surface area contributed by atoms with Crippen molar-refractivity contribution in [1.82, 2.24) is 10.3 Å². The number of halogens is 1. The standard InChI is InChI=1S/C13H15BrN2/c1-8-13(12-3-2-6-15-12)10-7-9(14)4-5-11(10)16-8/h4-5,7,12,15-16H,2-3,6H2,1H3. The van der Waals surface area contributed by atoms with Gasteiger partial charge in [0.05, 0.1) is 0 Å². The molecule has 0 bridgehead atoms. The number of aromatic nitrogens is 1. The fourth-order valence-electron chi connectivity index (χ4n) is 2.70. The molecule has 2 aromatic rings. The van der Waals surface area contributed by atoms with Gasteiger partial charge in [-0.05, 0) is 50.1 Å². The summed E-state index contributed by atoms with van der Waals surface area (Å²) in [5.74, 6) is 0. The molecular formula is C13H15BrN2. The van der Waals surface area contributed by atoms with Crippen LogP contribution >= 0.6 is 15.9 Å². The summed E-state index contributed by atoms with van der Waals surface area (Å²) in [6.07, 6.45) is 2.53. The predicted molar refractivity (Wildman–Crippen MR) is 70.7 cm³/mol. The zero-order valence-corrected chi connectivity index (χ0v) is 10.9. The maximum atomic E-state index is 3.58. The van der Waals surface area contributed by atoms with Crippen molar-refractivity contribution in [2.75, 3.05) is 6.54 Å². The first kappa shape index (κ1) is 10.4. The summed E-state index contributed by atoms with van der Waals surface area (Å²) in [5, 5.41) is 4.93. The Labute approximate surface area is 104 Å². The average molecular weight is 279 g/mol. The van der Waals surface area contributed by atoms with E-state index in [9.17, 15) is 0 Å². The van der Waals surface area contributed by atoms with E-state index < -0.39 is 0 Å². The monoisotopic (exact) mass is 278 g/mol. The summed E-state index contributed by atoms with van der Waals surface area (Å²) in [6, 6.07) is 6.98. The fourth-order valence-corrected chi connectivity index (χ4v) is 3.06. The van der Waals surface area contributed by atoms with E-state index in [-0.39, 0.29) is 0 Å². The van der Waals surface area contributed by atoms with Crippen LogP contribution in [0.2, 0.25) is 0 Å². The van der Waals surface area contributed by atoms with Gasteiger partial charge in [0.1, 0.15) is 0 Å². The SMILES string of the molecule is Cc1[nH]c2ccc(Br)cc2c1C1CCCN1. The second kappa shape index (κ2) is 3.90. The van der Waals surface area contributed by atoms with Crippen LogP contribution in [-0.4, -0.2) is 11.5 Å². The molecule has 0 radical (unpaired) electrons. The molecule has 0 amide bonds. The van der Waals surface area contributed by atoms with Crippen molar-refractivity contribution in [2.45, 2.75) is 25.8 Å². The van der Waals surface area contributed by atoms with Crippen LogP contribution in [-0.2, 0) is 0 Å². The fraction of sp³-hybridized carbons (Fsp3) is 0.385. The molecule has 1 aliphatic heterocycles. The largest absolute Gasteiger partial charge is 0.358 e. The molecule has 1 atom stereocenters. The molecule has 3 heteroatoms. The molecule has 3 rings (SSSR count). The molecule has 1 unspecified atom stereocenters. The van der Waals surface area contributed by atoms with Crippen LogP contribution in [0, 0.1) is 6.92 Å². The van der Waals surface area contributed by atoms with Crippen molar-refractivity contribution in [2.24, 2.45) is 0 Å². The van der Waals surface area contributed by atoms with E-state index in [4.69, 9.17) is 0 Å². The predicted octanol–water partition coefficient (Wildman–Crippen LogP) is 3.66. The summed E-state index contributed by atoms with van der Waals surface area (Å²) in [7, 11) is 0. The van der Waals surface area contributed by atoms with Gasteiger partial charge in [-0.3, -0.25) is 0 Å². The minimum atomic E-state index is 0.531. The Bertz CT molecular complexity index is 524. The molecule has 0 aliphatic carbocycles. The Morgan fingerprint density at radius 1 is 1.38 bits per heavy atom. The quantitative estimate of drug-likeness (QED) is 0.819. The van der Waals surface area contributed by atoms with Gasteiger partial charge in [-0.1, -0.05) is 15.9 Å². The molecular weight excluding hydrogens is 264 g/mol. The number of aromatic amines is 1. The molecule has 2 heterocycles. The normalized spacial score (nSPS) is 20.8. The van der Waals surface area contributed by atoms with E-state index >= 15 is 0 Å². The summed E-state index contributed by atoms with van der Waals surface area (Å²) in [4.78, 5) is 3.47. The minimum absolute atomic E-state index is 0.531. The Morgan fingerprint density at radius 3 is 3.00 bits per heavy atom. The lowest BCUT2D eigenvalue weighted by Crippen LogP contribution is -2.13. The van der Waals surface area contributed by atoms with Crippen LogP contribution in [0.4, 0.5) is 0 Å². The summed E-state index contributed by atoms with van der Waals surface area (Å²) in [5.41, 5.74) is 3.99. The molecule has 1 aromatic heterocycles. The molecule has 1 fully saturated rings. The van der Waals surface area contributed by atoms with Gasteiger partial charge in [-0.15, -0.1) is 0 Å². The second-order valence-corrected chi connectivity index (χ2v) is 5.42. The highest BCUT2D eigenvalue weighted by atomic mass is 79.9. The van der Waals surface area contributed by atoms with E-state index in [0.29, 0.717) is 6.04 Å². The maximum absolute atomic E-state index is 3.58. The van der Waals surface area contributed by atoms with E-state index in [2.05, 4.69) is 51.4 Å². The van der Waals surface area contributed by atoms with E-state index in [1.54, 1.807) is 0 Å². The number of hydrogen-bond donors (Lipinski definition) is 2. The van der Waals surface area contributed by atoms with Crippen molar-refractivity contribution in [3.8, 4) is 0 Å². The lowest BCUT2D eigenvalue weighted by Gasteiger charge is -2.10. The Balaban J connectivity index is 2.20. The molecule has 0 spiro atoms. The van der Waals surface area contributed by atoms with E-state index in [0.717, 1.165) is 11.0 Å². The zero-order chi connectivity index (χ0) is 11.1. The molecule has 2 nitrogen and oxygen atoms in total. The third-order valence-electron chi connectivity index (χ3n) is 3.41. The van der Waals surface area contributed by atoms with Crippen LogP contribution in [0.1, 0.15) is 30.1 Å². The highest BCUT2D eigenvalue weighted by Gasteiger charge is 2.21. The highest BCUT2D eigenvalue weighted by Crippen LogP contribution is 2.33. The third kappa shape index (κ3) is 1.59. The van der Waals surface area contributed by atoms with Crippen LogP contribution in [0.25, 0.3) is 10.9 Å². The molecule has 1 saturated heterocycles. The van der Waals surface area contributed by atoms with Gasteiger partial charge >= 0.3 is 0 Å². The van der Waals surface area contributed by atoms with E-state index in [1.165, 1.54) is 35.0 Å². The van der Waals surface area contributed by atoms with Gasteiger partial charge in [0.2, 0.25) is 0 Å². The number of hydrogen-bond acceptors (Lipinski definition) is 1. The maximum Gasteiger partial charge on any atom is 0.0460 e. The van der Waals surface area contributed by atoms with Crippen LogP contribution in [0.5, 0.6) is 0 Å². The molecule has 84 valence electrons. The lowest BCUT2D eigenvalue weighted by atomic mass is 10.0. The molecule has 16 heavy (non-hydrogen) atoms. The van der Waals surface area contributed by atoms with Gasteiger partial charge in [-0.2, -0.15) is 0 Å². The second-order valence-electron chi connectivity index (χ2n) is 4.50. The smallest absolute Gasteiger partial charge is 0.0460 e. The Morgan fingerprint density at radius 2 is 2.25 bits per heavy atom. The summed E-state index contributed by atoms with van der Waals surface area (Å²) >= 11 is 3.55. The number of aryl methyl sites for hydroxylation is 1. The molecule has 1 aromatic carbocycles. The van der Waals surface area contributed by atoms with Crippen molar-refractivity contribution in [1.29, 1.82) is 0 Å². The number of fused-ring (bicyclic) bond motifs is 1. The topological polar surface area (TPSA) is 27.8 Å². The van der Waals surface area contributed by atoms with Crippen molar-refractivity contribution in [3.63, 3.8) is 0 Å². The summed E-state index contributed by atoms with van der Waals surface area (Å²) in [6.45, 7) is 3.31. The number of H-pyrrole nitrogens is 1.